The Balaban J connectivity index is 1.45. The number of carboxylic acid groups (broad SMARTS) is 1. The number of hydrogen-bond acceptors (Lipinski definition) is 3. The third-order valence-electron chi connectivity index (χ3n) is 4.71. The third kappa shape index (κ3) is 3.78. The minimum absolute atomic E-state index is 0.145. The van der Waals surface area contributed by atoms with Gasteiger partial charge in [-0.2, -0.15) is 0 Å². The molecule has 0 saturated heterocycles. The number of benzene rings is 1. The quantitative estimate of drug-likeness (QED) is 0.847. The van der Waals surface area contributed by atoms with Gasteiger partial charge in [0.2, 0.25) is 0 Å². The van der Waals surface area contributed by atoms with Gasteiger partial charge in [0.05, 0.1) is 0 Å². The predicted octanol–water partition coefficient (Wildman–Crippen LogP) is 2.80. The van der Waals surface area contributed by atoms with E-state index in [0.29, 0.717) is 12.3 Å². The van der Waals surface area contributed by atoms with Crippen LogP contribution in [-0.2, 0) is 16.1 Å². The van der Waals surface area contributed by atoms with Crippen molar-refractivity contribution in [2.24, 2.45) is 17.8 Å². The van der Waals surface area contributed by atoms with Crippen LogP contribution in [0.1, 0.15) is 31.2 Å². The highest BCUT2D eigenvalue weighted by Gasteiger charge is 2.46. The number of carbonyl (C=O) groups is 2. The molecule has 1 amide bonds. The van der Waals surface area contributed by atoms with Crippen molar-refractivity contribution < 1.29 is 19.4 Å². The number of aliphatic carboxylic acids is 1. The highest BCUT2D eigenvalue weighted by atomic mass is 16.5. The number of alkyl carbamates (subject to hydrolysis) is 1. The van der Waals surface area contributed by atoms with Crippen LogP contribution >= 0.6 is 0 Å². The van der Waals surface area contributed by atoms with Gasteiger partial charge in [0.15, 0.2) is 0 Å². The molecule has 0 spiro atoms. The number of rotatable bonds is 6. The van der Waals surface area contributed by atoms with Gasteiger partial charge in [-0.1, -0.05) is 30.3 Å². The highest BCUT2D eigenvalue weighted by molar-refractivity contribution is 5.79. The van der Waals surface area contributed by atoms with Crippen molar-refractivity contribution in [2.45, 2.75) is 38.3 Å². The SMILES string of the molecule is O=C(NC(CC1CC2CC2C1)C(=O)O)OCc1ccccc1. The fourth-order valence-corrected chi connectivity index (χ4v) is 3.49. The van der Waals surface area contributed by atoms with Crippen molar-refractivity contribution in [1.82, 2.24) is 5.32 Å². The monoisotopic (exact) mass is 303 g/mol. The zero-order valence-corrected chi connectivity index (χ0v) is 12.4. The molecule has 2 aliphatic rings. The molecule has 5 heteroatoms. The lowest BCUT2D eigenvalue weighted by molar-refractivity contribution is -0.139. The second-order valence-corrected chi connectivity index (χ2v) is 6.43. The summed E-state index contributed by atoms with van der Waals surface area (Å²) < 4.78 is 5.09. The van der Waals surface area contributed by atoms with Crippen LogP contribution in [-0.4, -0.2) is 23.2 Å². The number of fused-ring (bicyclic) bond motifs is 1. The summed E-state index contributed by atoms with van der Waals surface area (Å²) in [5.74, 6) is 1.05. The van der Waals surface area contributed by atoms with Crippen LogP contribution in [0, 0.1) is 17.8 Å². The standard InChI is InChI=1S/C17H21NO4/c19-16(20)15(8-12-6-13-9-14(13)7-12)18-17(21)22-10-11-4-2-1-3-5-11/h1-5,12-15H,6-10H2,(H,18,21)(H,19,20). The Morgan fingerprint density at radius 3 is 2.50 bits per heavy atom. The van der Waals surface area contributed by atoms with E-state index in [-0.39, 0.29) is 6.61 Å². The first-order chi connectivity index (χ1) is 10.6. The molecule has 1 aromatic carbocycles. The van der Waals surface area contributed by atoms with Crippen LogP contribution in [0.15, 0.2) is 30.3 Å². The van der Waals surface area contributed by atoms with Crippen LogP contribution in [0.3, 0.4) is 0 Å². The van der Waals surface area contributed by atoms with Gasteiger partial charge in [-0.05, 0) is 49.0 Å². The Kier molecular flexibility index (Phi) is 4.32. The Morgan fingerprint density at radius 1 is 1.18 bits per heavy atom. The zero-order chi connectivity index (χ0) is 15.5. The van der Waals surface area contributed by atoms with E-state index in [9.17, 15) is 14.7 Å². The summed E-state index contributed by atoms with van der Waals surface area (Å²) >= 11 is 0. The number of ether oxygens (including phenoxy) is 1. The molecule has 3 unspecified atom stereocenters. The lowest BCUT2D eigenvalue weighted by Gasteiger charge is -2.19. The Bertz CT molecular complexity index is 535. The number of nitrogens with one attached hydrogen (secondary N) is 1. The minimum Gasteiger partial charge on any atom is -0.480 e. The van der Waals surface area contributed by atoms with Crippen LogP contribution in [0.25, 0.3) is 0 Å². The second-order valence-electron chi connectivity index (χ2n) is 6.43. The summed E-state index contributed by atoms with van der Waals surface area (Å²) in [5.41, 5.74) is 0.875. The normalized spacial score (nSPS) is 26.8. The van der Waals surface area contributed by atoms with Crippen molar-refractivity contribution in [3.63, 3.8) is 0 Å². The first-order valence-electron chi connectivity index (χ1n) is 7.82. The molecule has 0 heterocycles. The predicted molar refractivity (Wildman–Crippen MR) is 80.1 cm³/mol. The number of amides is 1. The lowest BCUT2D eigenvalue weighted by Crippen LogP contribution is -2.42. The maximum Gasteiger partial charge on any atom is 0.408 e. The molecule has 2 saturated carbocycles. The summed E-state index contributed by atoms with van der Waals surface area (Å²) in [6.07, 6.45) is 3.35. The van der Waals surface area contributed by atoms with Crippen LogP contribution < -0.4 is 5.32 Å². The van der Waals surface area contributed by atoms with Crippen LogP contribution in [0.5, 0.6) is 0 Å². The van der Waals surface area contributed by atoms with Crippen LogP contribution in [0.2, 0.25) is 0 Å². The fourth-order valence-electron chi connectivity index (χ4n) is 3.49. The molecule has 2 N–H and O–H groups in total. The average molecular weight is 303 g/mol. The molecule has 0 radical (unpaired) electrons. The van der Waals surface area contributed by atoms with E-state index in [1.54, 1.807) is 0 Å². The summed E-state index contributed by atoms with van der Waals surface area (Å²) in [7, 11) is 0. The molecule has 22 heavy (non-hydrogen) atoms. The number of hydrogen-bond donors (Lipinski definition) is 2. The maximum absolute atomic E-state index is 11.8. The molecule has 3 rings (SSSR count). The number of carboxylic acids is 1. The molecule has 0 bridgehead atoms. The molecule has 2 aliphatic carbocycles. The highest BCUT2D eigenvalue weighted by Crippen LogP contribution is 2.55. The van der Waals surface area contributed by atoms with Crippen molar-refractivity contribution in [2.75, 3.05) is 0 Å². The van der Waals surface area contributed by atoms with Gasteiger partial charge in [-0.15, -0.1) is 0 Å². The third-order valence-corrected chi connectivity index (χ3v) is 4.71. The first-order valence-corrected chi connectivity index (χ1v) is 7.82. The Hall–Kier alpha value is -2.04. The smallest absolute Gasteiger partial charge is 0.408 e. The van der Waals surface area contributed by atoms with E-state index in [1.165, 1.54) is 6.42 Å². The Labute approximate surface area is 129 Å². The second kappa shape index (κ2) is 6.38. The molecule has 1 aromatic rings. The van der Waals surface area contributed by atoms with Crippen LogP contribution in [0.4, 0.5) is 4.79 Å². The van der Waals surface area contributed by atoms with Gasteiger partial charge in [0, 0.05) is 0 Å². The molecule has 3 atom stereocenters. The van der Waals surface area contributed by atoms with Gasteiger partial charge < -0.3 is 15.2 Å². The van der Waals surface area contributed by atoms with E-state index in [1.807, 2.05) is 30.3 Å². The van der Waals surface area contributed by atoms with Gasteiger partial charge in [-0.25, -0.2) is 9.59 Å². The summed E-state index contributed by atoms with van der Waals surface area (Å²) in [5, 5.41) is 11.8. The first kappa shape index (κ1) is 14.9. The molecule has 0 aromatic heterocycles. The summed E-state index contributed by atoms with van der Waals surface area (Å²) in [4.78, 5) is 23.1. The van der Waals surface area contributed by atoms with E-state index in [2.05, 4.69) is 5.32 Å². The van der Waals surface area contributed by atoms with E-state index in [4.69, 9.17) is 4.74 Å². The van der Waals surface area contributed by atoms with Crippen molar-refractivity contribution in [3.05, 3.63) is 35.9 Å². The maximum atomic E-state index is 11.8. The van der Waals surface area contributed by atoms with E-state index in [0.717, 1.165) is 30.2 Å². The van der Waals surface area contributed by atoms with E-state index >= 15 is 0 Å². The minimum atomic E-state index is -0.989. The molecular weight excluding hydrogens is 282 g/mol. The van der Waals surface area contributed by atoms with Gasteiger partial charge in [-0.3, -0.25) is 0 Å². The molecule has 5 nitrogen and oxygen atoms in total. The van der Waals surface area contributed by atoms with Gasteiger partial charge in [0.1, 0.15) is 12.6 Å². The molecule has 0 aliphatic heterocycles. The summed E-state index contributed by atoms with van der Waals surface area (Å²) in [6.45, 7) is 0.145. The summed E-state index contributed by atoms with van der Waals surface area (Å²) in [6, 6.07) is 8.46. The van der Waals surface area contributed by atoms with Crippen molar-refractivity contribution >= 4 is 12.1 Å². The topological polar surface area (TPSA) is 75.6 Å². The van der Waals surface area contributed by atoms with Gasteiger partial charge in [0.25, 0.3) is 0 Å². The molecule has 2 fully saturated rings. The molecule has 118 valence electrons. The van der Waals surface area contributed by atoms with Gasteiger partial charge >= 0.3 is 12.1 Å². The van der Waals surface area contributed by atoms with E-state index < -0.39 is 18.1 Å². The largest absolute Gasteiger partial charge is 0.480 e. The average Bonchev–Trinajstić information content (AvgIpc) is 3.12. The lowest BCUT2D eigenvalue weighted by atomic mass is 9.95. The fraction of sp³-hybridized carbons (Fsp3) is 0.529. The number of carbonyl (C=O) groups excluding carboxylic acids is 1. The Morgan fingerprint density at radius 2 is 1.86 bits per heavy atom. The molecular formula is C17H21NO4. The van der Waals surface area contributed by atoms with Crippen molar-refractivity contribution in [1.29, 1.82) is 0 Å². The van der Waals surface area contributed by atoms with Crippen molar-refractivity contribution in [3.8, 4) is 0 Å². The zero-order valence-electron chi connectivity index (χ0n) is 12.4.